The summed E-state index contributed by atoms with van der Waals surface area (Å²) in [4.78, 5) is 21.0. The molecule has 0 saturated carbocycles. The van der Waals surface area contributed by atoms with E-state index in [9.17, 15) is 10.1 Å². The highest BCUT2D eigenvalue weighted by molar-refractivity contribution is 8.26. The van der Waals surface area contributed by atoms with Gasteiger partial charge in [0.05, 0.1) is 24.7 Å². The van der Waals surface area contributed by atoms with Crippen LogP contribution in [0.25, 0.3) is 6.08 Å². The molecule has 1 aromatic heterocycles. The highest BCUT2D eigenvalue weighted by Crippen LogP contribution is 2.37. The van der Waals surface area contributed by atoms with Crippen molar-refractivity contribution < 1.29 is 23.4 Å². The number of ether oxygens (including phenoxy) is 3. The second-order valence-corrected chi connectivity index (χ2v) is 8.55. The molecule has 4 heterocycles. The van der Waals surface area contributed by atoms with Crippen LogP contribution in [0.5, 0.6) is 11.5 Å². The van der Waals surface area contributed by atoms with Gasteiger partial charge in [0.1, 0.15) is 10.4 Å². The molecular weight excluding hydrogens is 440 g/mol. The summed E-state index contributed by atoms with van der Waals surface area (Å²) in [5.41, 5.74) is 1.06. The van der Waals surface area contributed by atoms with Crippen LogP contribution in [-0.4, -0.2) is 53.2 Å². The van der Waals surface area contributed by atoms with E-state index in [1.165, 1.54) is 22.7 Å². The molecule has 1 amide bonds. The molecule has 1 aromatic carbocycles. The Morgan fingerprint density at radius 2 is 2.06 bits per heavy atom. The second-order valence-electron chi connectivity index (χ2n) is 6.87. The predicted molar refractivity (Wildman–Crippen MR) is 116 cm³/mol. The Hall–Kier alpha value is -3.07. The summed E-state index contributed by atoms with van der Waals surface area (Å²) in [6.07, 6.45) is 1.53. The van der Waals surface area contributed by atoms with Gasteiger partial charge < -0.3 is 23.5 Å². The molecule has 2 saturated heterocycles. The lowest BCUT2D eigenvalue weighted by Gasteiger charge is -2.25. The molecule has 3 aliphatic heterocycles. The monoisotopic (exact) mass is 456 g/mol. The normalized spacial score (nSPS) is 19.4. The minimum Gasteiger partial charge on any atom is -0.454 e. The van der Waals surface area contributed by atoms with Crippen molar-refractivity contribution in [1.82, 2.24) is 9.88 Å². The molecule has 0 radical (unpaired) electrons. The maximum absolute atomic E-state index is 13.0. The number of aromatic nitrogens is 1. The molecule has 0 bridgehead atoms. The lowest BCUT2D eigenvalue weighted by molar-refractivity contribution is -0.122. The first kappa shape index (κ1) is 19.9. The SMILES string of the molecule is N#Cc1nc(C=C2SC(=S)N(Cc3ccc4c(c3)OCO4)C2=O)oc1N1CCOCC1. The van der Waals surface area contributed by atoms with E-state index < -0.39 is 0 Å². The zero-order valence-electron chi connectivity index (χ0n) is 16.2. The van der Waals surface area contributed by atoms with Crippen LogP contribution < -0.4 is 14.4 Å². The third kappa shape index (κ3) is 3.85. The lowest BCUT2D eigenvalue weighted by Crippen LogP contribution is -2.36. The van der Waals surface area contributed by atoms with Crippen molar-refractivity contribution in [2.45, 2.75) is 6.54 Å². The number of morpholine rings is 1. The number of carbonyl (C=O) groups excluding carboxylic acids is 1. The Morgan fingerprint density at radius 3 is 2.87 bits per heavy atom. The second kappa shape index (κ2) is 8.22. The van der Waals surface area contributed by atoms with Crippen LogP contribution in [-0.2, 0) is 16.1 Å². The van der Waals surface area contributed by atoms with Gasteiger partial charge >= 0.3 is 0 Å². The number of hydrogen-bond donors (Lipinski definition) is 0. The van der Waals surface area contributed by atoms with E-state index in [2.05, 4.69) is 11.1 Å². The van der Waals surface area contributed by atoms with Crippen molar-refractivity contribution in [2.75, 3.05) is 38.0 Å². The molecule has 9 nitrogen and oxygen atoms in total. The van der Waals surface area contributed by atoms with E-state index in [1.54, 1.807) is 0 Å². The predicted octanol–water partition coefficient (Wildman–Crippen LogP) is 2.51. The summed E-state index contributed by atoms with van der Waals surface area (Å²) >= 11 is 6.59. The van der Waals surface area contributed by atoms with Gasteiger partial charge in [0.25, 0.3) is 5.91 Å². The fraction of sp³-hybridized carbons (Fsp3) is 0.300. The molecule has 0 unspecified atom stereocenters. The number of anilines is 1. The number of rotatable bonds is 4. The zero-order chi connectivity index (χ0) is 21.4. The number of benzene rings is 1. The van der Waals surface area contributed by atoms with E-state index in [1.807, 2.05) is 23.1 Å². The molecule has 0 spiro atoms. The van der Waals surface area contributed by atoms with Crippen molar-refractivity contribution >= 4 is 46.2 Å². The lowest BCUT2D eigenvalue weighted by atomic mass is 10.2. The van der Waals surface area contributed by atoms with E-state index in [0.29, 0.717) is 59.5 Å². The maximum Gasteiger partial charge on any atom is 0.266 e. The van der Waals surface area contributed by atoms with Gasteiger partial charge in [0, 0.05) is 19.2 Å². The highest BCUT2D eigenvalue weighted by atomic mass is 32.2. The molecule has 158 valence electrons. The van der Waals surface area contributed by atoms with Crippen molar-refractivity contribution in [2.24, 2.45) is 0 Å². The van der Waals surface area contributed by atoms with Crippen molar-refractivity contribution in [3.63, 3.8) is 0 Å². The van der Waals surface area contributed by atoms with Gasteiger partial charge in [-0.3, -0.25) is 9.69 Å². The summed E-state index contributed by atoms with van der Waals surface area (Å²) in [5.74, 6) is 1.69. The summed E-state index contributed by atoms with van der Waals surface area (Å²) in [6.45, 7) is 2.84. The van der Waals surface area contributed by atoms with Crippen molar-refractivity contribution in [1.29, 1.82) is 5.26 Å². The first-order chi connectivity index (χ1) is 15.1. The Balaban J connectivity index is 1.35. The Morgan fingerprint density at radius 1 is 1.26 bits per heavy atom. The van der Waals surface area contributed by atoms with Crippen LogP contribution in [0.3, 0.4) is 0 Å². The third-order valence-corrected chi connectivity index (χ3v) is 6.31. The van der Waals surface area contributed by atoms with Crippen LogP contribution >= 0.6 is 24.0 Å². The van der Waals surface area contributed by atoms with Gasteiger partial charge in [-0.05, 0) is 17.7 Å². The smallest absolute Gasteiger partial charge is 0.266 e. The number of thiocarbonyl (C=S) groups is 1. The van der Waals surface area contributed by atoms with Crippen LogP contribution in [0.1, 0.15) is 17.1 Å². The first-order valence-electron chi connectivity index (χ1n) is 9.50. The molecule has 31 heavy (non-hydrogen) atoms. The molecule has 0 N–H and O–H groups in total. The quantitative estimate of drug-likeness (QED) is 0.504. The molecule has 0 atom stereocenters. The van der Waals surface area contributed by atoms with Crippen molar-refractivity contribution in [3.05, 3.63) is 40.3 Å². The topological polar surface area (TPSA) is 101 Å². The number of nitrogens with zero attached hydrogens (tertiary/aromatic N) is 4. The fourth-order valence-corrected chi connectivity index (χ4v) is 4.63. The highest BCUT2D eigenvalue weighted by Gasteiger charge is 2.33. The number of nitriles is 1. The molecule has 5 rings (SSSR count). The van der Waals surface area contributed by atoms with Gasteiger partial charge in [-0.25, -0.2) is 0 Å². The number of thioether (sulfide) groups is 1. The maximum atomic E-state index is 13.0. The summed E-state index contributed by atoms with van der Waals surface area (Å²) < 4.78 is 22.3. The number of carbonyl (C=O) groups is 1. The summed E-state index contributed by atoms with van der Waals surface area (Å²) in [6, 6.07) is 7.58. The Bertz CT molecular complexity index is 1130. The summed E-state index contributed by atoms with van der Waals surface area (Å²) in [7, 11) is 0. The average molecular weight is 457 g/mol. The number of oxazole rings is 1. The summed E-state index contributed by atoms with van der Waals surface area (Å²) in [5, 5.41) is 9.42. The third-order valence-electron chi connectivity index (χ3n) is 4.94. The van der Waals surface area contributed by atoms with Crippen LogP contribution in [0.15, 0.2) is 27.5 Å². The van der Waals surface area contributed by atoms with Crippen molar-refractivity contribution in [3.8, 4) is 17.6 Å². The molecule has 11 heteroatoms. The Kier molecular flexibility index (Phi) is 5.27. The molecule has 2 fully saturated rings. The number of amides is 1. The van der Waals surface area contributed by atoms with Crippen LogP contribution in [0.4, 0.5) is 5.88 Å². The van der Waals surface area contributed by atoms with Gasteiger partial charge in [-0.1, -0.05) is 30.0 Å². The van der Waals surface area contributed by atoms with E-state index in [4.69, 9.17) is 30.8 Å². The van der Waals surface area contributed by atoms with Gasteiger partial charge in [0.2, 0.25) is 24.3 Å². The van der Waals surface area contributed by atoms with Crippen LogP contribution in [0.2, 0.25) is 0 Å². The van der Waals surface area contributed by atoms with Gasteiger partial charge in [-0.15, -0.1) is 0 Å². The molecule has 3 aliphatic rings. The van der Waals surface area contributed by atoms with Gasteiger partial charge in [-0.2, -0.15) is 10.2 Å². The molecular formula is C20H16N4O5S2. The zero-order valence-corrected chi connectivity index (χ0v) is 17.8. The standard InChI is InChI=1S/C20H16N4O5S2/c21-9-13-19(23-3-5-26-6-4-23)29-17(22-13)8-16-18(25)24(20(30)31-16)10-12-1-2-14-15(7-12)28-11-27-14/h1-2,7-8H,3-6,10-11H2. The Labute approximate surface area is 187 Å². The fourth-order valence-electron chi connectivity index (χ4n) is 3.41. The van der Waals surface area contributed by atoms with Gasteiger partial charge in [0.15, 0.2) is 11.5 Å². The first-order valence-corrected chi connectivity index (χ1v) is 10.7. The molecule has 2 aromatic rings. The largest absolute Gasteiger partial charge is 0.454 e. The van der Waals surface area contributed by atoms with E-state index in [-0.39, 0.29) is 24.3 Å². The average Bonchev–Trinajstić information content (AvgIpc) is 3.48. The molecule has 0 aliphatic carbocycles. The van der Waals surface area contributed by atoms with E-state index in [0.717, 1.165) is 5.56 Å². The minimum atomic E-state index is -0.239. The number of hydrogen-bond acceptors (Lipinski definition) is 10. The van der Waals surface area contributed by atoms with Crippen LogP contribution in [0, 0.1) is 11.3 Å². The van der Waals surface area contributed by atoms with E-state index >= 15 is 0 Å². The number of fused-ring (bicyclic) bond motifs is 1. The minimum absolute atomic E-state index is 0.184.